The number of halogens is 4. The van der Waals surface area contributed by atoms with Gasteiger partial charge in [-0.05, 0) is 17.7 Å². The number of rotatable bonds is 3. The lowest BCUT2D eigenvalue weighted by atomic mass is 10.1. The molecule has 0 atom stereocenters. The van der Waals surface area contributed by atoms with Crippen LogP contribution in [-0.2, 0) is 6.42 Å². The number of anilines is 3. The summed E-state index contributed by atoms with van der Waals surface area (Å²) >= 11 is 5.71. The minimum absolute atomic E-state index is 0.0218. The zero-order valence-electron chi connectivity index (χ0n) is 10.1. The molecule has 2 rings (SSSR count). The predicted octanol–water partition coefficient (Wildman–Crippen LogP) is 3.56. The lowest BCUT2D eigenvalue weighted by Crippen LogP contribution is -2.11. The van der Waals surface area contributed by atoms with Gasteiger partial charge in [-0.3, -0.25) is 0 Å². The highest BCUT2D eigenvalue weighted by atomic mass is 35.5. The first-order chi connectivity index (χ1) is 9.32. The second-order valence-electron chi connectivity index (χ2n) is 4.05. The third-order valence-electron chi connectivity index (χ3n) is 2.32. The van der Waals surface area contributed by atoms with Gasteiger partial charge in [-0.25, -0.2) is 4.98 Å². The average Bonchev–Trinajstić information content (AvgIpc) is 2.25. The van der Waals surface area contributed by atoms with E-state index in [0.717, 1.165) is 0 Å². The summed E-state index contributed by atoms with van der Waals surface area (Å²) in [6, 6.07) is 7.36. The highest BCUT2D eigenvalue weighted by molar-refractivity contribution is 6.29. The normalized spacial score (nSPS) is 11.4. The van der Waals surface area contributed by atoms with Crippen molar-refractivity contribution in [2.45, 2.75) is 12.6 Å². The molecule has 1 heterocycles. The van der Waals surface area contributed by atoms with Gasteiger partial charge in [-0.2, -0.15) is 18.2 Å². The van der Waals surface area contributed by atoms with Crippen molar-refractivity contribution in [2.75, 3.05) is 11.1 Å². The number of nitrogens with zero attached hydrogens (tertiary/aromatic N) is 2. The van der Waals surface area contributed by atoms with E-state index in [0.29, 0.717) is 11.5 Å². The monoisotopic (exact) mass is 302 g/mol. The smallest absolute Gasteiger partial charge is 0.368 e. The van der Waals surface area contributed by atoms with Crippen molar-refractivity contribution in [3.8, 4) is 0 Å². The van der Waals surface area contributed by atoms with Gasteiger partial charge in [0.2, 0.25) is 5.95 Å². The van der Waals surface area contributed by atoms with Crippen molar-refractivity contribution in [1.82, 2.24) is 9.97 Å². The van der Waals surface area contributed by atoms with Crippen LogP contribution < -0.4 is 11.1 Å². The van der Waals surface area contributed by atoms with E-state index in [9.17, 15) is 13.2 Å². The van der Waals surface area contributed by atoms with Crippen molar-refractivity contribution in [1.29, 1.82) is 0 Å². The van der Waals surface area contributed by atoms with Crippen LogP contribution in [0.25, 0.3) is 0 Å². The van der Waals surface area contributed by atoms with Gasteiger partial charge in [0, 0.05) is 11.8 Å². The maximum absolute atomic E-state index is 12.3. The Morgan fingerprint density at radius 3 is 2.60 bits per heavy atom. The Morgan fingerprint density at radius 1 is 1.20 bits per heavy atom. The Balaban J connectivity index is 2.19. The molecule has 2 aromatic rings. The van der Waals surface area contributed by atoms with Gasteiger partial charge in [0.15, 0.2) is 0 Å². The van der Waals surface area contributed by atoms with Gasteiger partial charge in [-0.15, -0.1) is 0 Å². The van der Waals surface area contributed by atoms with Crippen LogP contribution in [0.15, 0.2) is 30.3 Å². The predicted molar refractivity (Wildman–Crippen MR) is 70.9 cm³/mol. The molecule has 0 saturated heterocycles. The molecule has 0 spiro atoms. The van der Waals surface area contributed by atoms with Gasteiger partial charge in [0.1, 0.15) is 11.0 Å². The number of aromatic nitrogens is 2. The minimum Gasteiger partial charge on any atom is -0.368 e. The van der Waals surface area contributed by atoms with E-state index in [4.69, 9.17) is 17.3 Å². The van der Waals surface area contributed by atoms with E-state index in [-0.39, 0.29) is 16.7 Å². The first kappa shape index (κ1) is 14.4. The largest absolute Gasteiger partial charge is 0.393 e. The fraction of sp³-hybridized carbons (Fsp3) is 0.167. The highest BCUT2D eigenvalue weighted by Crippen LogP contribution is 2.24. The number of alkyl halides is 3. The summed E-state index contributed by atoms with van der Waals surface area (Å²) in [6.45, 7) is 0. The fourth-order valence-corrected chi connectivity index (χ4v) is 1.83. The number of nitrogens with one attached hydrogen (secondary N) is 1. The first-order valence-electron chi connectivity index (χ1n) is 5.54. The van der Waals surface area contributed by atoms with Crippen LogP contribution in [0.2, 0.25) is 5.15 Å². The Kier molecular flexibility index (Phi) is 3.99. The topological polar surface area (TPSA) is 63.8 Å². The minimum atomic E-state index is -4.25. The summed E-state index contributed by atoms with van der Waals surface area (Å²) in [5.41, 5.74) is 6.04. The van der Waals surface area contributed by atoms with Crippen molar-refractivity contribution >= 4 is 29.1 Å². The molecule has 1 aromatic carbocycles. The molecule has 20 heavy (non-hydrogen) atoms. The summed E-state index contributed by atoms with van der Waals surface area (Å²) in [6.07, 6.45) is -5.24. The summed E-state index contributed by atoms with van der Waals surface area (Å²) in [5, 5.41) is 2.97. The molecule has 0 aliphatic heterocycles. The van der Waals surface area contributed by atoms with Crippen LogP contribution in [0.4, 0.5) is 30.6 Å². The molecule has 3 N–H and O–H groups in total. The van der Waals surface area contributed by atoms with E-state index in [1.165, 1.54) is 24.3 Å². The molecule has 0 radical (unpaired) electrons. The Bertz CT molecular complexity index is 596. The molecule has 4 nitrogen and oxygen atoms in total. The molecule has 0 aliphatic rings. The van der Waals surface area contributed by atoms with Gasteiger partial charge in [0.05, 0.1) is 6.42 Å². The van der Waals surface area contributed by atoms with Gasteiger partial charge in [-0.1, -0.05) is 23.7 Å². The number of nitrogen functional groups attached to an aromatic ring is 1. The fourth-order valence-electron chi connectivity index (χ4n) is 1.64. The third-order valence-corrected chi connectivity index (χ3v) is 2.51. The summed E-state index contributed by atoms with van der Waals surface area (Å²) in [7, 11) is 0. The van der Waals surface area contributed by atoms with Crippen LogP contribution in [0.1, 0.15) is 5.56 Å². The van der Waals surface area contributed by atoms with E-state index in [1.54, 1.807) is 6.07 Å². The van der Waals surface area contributed by atoms with E-state index >= 15 is 0 Å². The van der Waals surface area contributed by atoms with E-state index in [2.05, 4.69) is 15.3 Å². The number of hydrogen-bond donors (Lipinski definition) is 2. The quantitative estimate of drug-likeness (QED) is 0.851. The SMILES string of the molecule is Nc1nc(Cl)cc(Nc2cccc(CC(F)(F)F)c2)n1. The molecular weight excluding hydrogens is 293 g/mol. The molecule has 106 valence electrons. The van der Waals surface area contributed by atoms with Crippen LogP contribution in [-0.4, -0.2) is 16.1 Å². The summed E-state index contributed by atoms with van der Waals surface area (Å²) in [4.78, 5) is 7.57. The molecule has 1 aromatic heterocycles. The van der Waals surface area contributed by atoms with Crippen LogP contribution in [0.5, 0.6) is 0 Å². The Labute approximate surface area is 117 Å². The molecule has 0 unspecified atom stereocenters. The van der Waals surface area contributed by atoms with Crippen molar-refractivity contribution in [2.24, 2.45) is 0 Å². The number of nitrogens with two attached hydrogens (primary N) is 1. The lowest BCUT2D eigenvalue weighted by Gasteiger charge is -2.10. The second kappa shape index (κ2) is 5.54. The first-order valence-corrected chi connectivity index (χ1v) is 5.92. The van der Waals surface area contributed by atoms with Crippen molar-refractivity contribution in [3.63, 3.8) is 0 Å². The Hall–Kier alpha value is -2.02. The average molecular weight is 303 g/mol. The zero-order chi connectivity index (χ0) is 14.8. The molecule has 0 saturated carbocycles. The van der Waals surface area contributed by atoms with E-state index in [1.807, 2.05) is 0 Å². The van der Waals surface area contributed by atoms with Crippen LogP contribution in [0.3, 0.4) is 0 Å². The van der Waals surface area contributed by atoms with Crippen LogP contribution in [0, 0.1) is 0 Å². The summed E-state index contributed by atoms with van der Waals surface area (Å²) in [5.74, 6) is 0.290. The molecular formula is C12H10ClF3N4. The standard InChI is InChI=1S/C12H10ClF3N4/c13-9-5-10(20-11(17)19-9)18-8-3-1-2-7(4-8)6-12(14,15)16/h1-5H,6H2,(H3,17,18,19,20). The van der Waals surface area contributed by atoms with Crippen LogP contribution >= 0.6 is 11.6 Å². The highest BCUT2D eigenvalue weighted by Gasteiger charge is 2.27. The van der Waals surface area contributed by atoms with Crippen molar-refractivity contribution < 1.29 is 13.2 Å². The maximum Gasteiger partial charge on any atom is 0.393 e. The van der Waals surface area contributed by atoms with Gasteiger partial charge < -0.3 is 11.1 Å². The number of hydrogen-bond acceptors (Lipinski definition) is 4. The number of benzene rings is 1. The van der Waals surface area contributed by atoms with Gasteiger partial charge in [0.25, 0.3) is 0 Å². The van der Waals surface area contributed by atoms with E-state index < -0.39 is 12.6 Å². The molecule has 0 bridgehead atoms. The lowest BCUT2D eigenvalue weighted by molar-refractivity contribution is -0.127. The molecule has 0 aliphatic carbocycles. The maximum atomic E-state index is 12.3. The Morgan fingerprint density at radius 2 is 1.95 bits per heavy atom. The zero-order valence-corrected chi connectivity index (χ0v) is 10.8. The second-order valence-corrected chi connectivity index (χ2v) is 4.44. The molecule has 0 fully saturated rings. The molecule has 0 amide bonds. The van der Waals surface area contributed by atoms with Crippen molar-refractivity contribution in [3.05, 3.63) is 41.0 Å². The summed E-state index contributed by atoms with van der Waals surface area (Å²) < 4.78 is 37.0. The van der Waals surface area contributed by atoms with Gasteiger partial charge >= 0.3 is 6.18 Å². The third kappa shape index (κ3) is 4.27. The molecule has 8 heteroatoms.